The van der Waals surface area contributed by atoms with E-state index in [9.17, 15) is 4.79 Å². The monoisotopic (exact) mass is 463 g/mol. The fraction of sp³-hybridized carbons (Fsp3) is 0.464. The van der Waals surface area contributed by atoms with Crippen LogP contribution in [0.2, 0.25) is 0 Å². The van der Waals surface area contributed by atoms with Gasteiger partial charge in [0.15, 0.2) is 0 Å². The first-order valence-corrected chi connectivity index (χ1v) is 12.5. The summed E-state index contributed by atoms with van der Waals surface area (Å²) in [5.41, 5.74) is 3.00. The summed E-state index contributed by atoms with van der Waals surface area (Å²) in [5.74, 6) is 1.65. The molecule has 1 N–H and O–H groups in total. The maximum Gasteiger partial charge on any atom is 0.240 e. The molecule has 0 atom stereocenters. The van der Waals surface area contributed by atoms with Crippen LogP contribution in [0, 0.1) is 0 Å². The van der Waals surface area contributed by atoms with E-state index in [1.54, 1.807) is 7.11 Å². The van der Waals surface area contributed by atoms with E-state index in [-0.39, 0.29) is 18.5 Å². The van der Waals surface area contributed by atoms with Gasteiger partial charge in [0, 0.05) is 34.7 Å². The normalized spacial score (nSPS) is 14.5. The molecular weight excluding hydrogens is 426 g/mol. The number of rotatable bonds is 10. The van der Waals surface area contributed by atoms with Crippen molar-refractivity contribution in [1.29, 1.82) is 0 Å². The summed E-state index contributed by atoms with van der Waals surface area (Å²) in [7, 11) is 1.67. The Kier molecular flexibility index (Phi) is 8.12. The zero-order chi connectivity index (χ0) is 23.9. The summed E-state index contributed by atoms with van der Waals surface area (Å²) in [6.45, 7) is 8.46. The molecule has 0 bridgehead atoms. The highest BCUT2D eigenvalue weighted by atomic mass is 16.5. The summed E-state index contributed by atoms with van der Waals surface area (Å²) in [6, 6.07) is 16.3. The lowest BCUT2D eigenvalue weighted by molar-refractivity contribution is -0.122. The number of ether oxygens (including phenoxy) is 2. The number of benzene rings is 2. The second-order valence-electron chi connectivity index (χ2n) is 9.39. The molecule has 182 valence electrons. The van der Waals surface area contributed by atoms with Crippen molar-refractivity contribution < 1.29 is 14.3 Å². The van der Waals surface area contributed by atoms with Crippen LogP contribution >= 0.6 is 0 Å². The summed E-state index contributed by atoms with van der Waals surface area (Å²) in [6.07, 6.45) is 5.03. The average molecular weight is 464 g/mol. The maximum atomic E-state index is 12.7. The first-order valence-electron chi connectivity index (χ1n) is 12.5. The second-order valence-corrected chi connectivity index (χ2v) is 9.39. The number of hydrogen-bond donors (Lipinski definition) is 1. The van der Waals surface area contributed by atoms with Crippen molar-refractivity contribution in [3.05, 3.63) is 48.5 Å². The Labute approximate surface area is 202 Å². The van der Waals surface area contributed by atoms with E-state index in [0.29, 0.717) is 6.61 Å². The zero-order valence-electron chi connectivity index (χ0n) is 20.7. The molecule has 6 heteroatoms. The molecule has 0 spiro atoms. The Balaban J connectivity index is 1.54. The molecule has 1 saturated heterocycles. The lowest BCUT2D eigenvalue weighted by Gasteiger charge is -2.26. The summed E-state index contributed by atoms with van der Waals surface area (Å²) < 4.78 is 13.6. The third-order valence-electron chi connectivity index (χ3n) is 6.33. The van der Waals surface area contributed by atoms with Crippen molar-refractivity contribution in [2.45, 2.75) is 52.1 Å². The Morgan fingerprint density at radius 3 is 2.62 bits per heavy atom. The summed E-state index contributed by atoms with van der Waals surface area (Å²) in [4.78, 5) is 15.2. The molecule has 1 aromatic heterocycles. The molecular formula is C28H37N3O3. The van der Waals surface area contributed by atoms with Gasteiger partial charge in [0.25, 0.3) is 0 Å². The van der Waals surface area contributed by atoms with Crippen molar-refractivity contribution in [2.75, 3.05) is 33.4 Å². The molecule has 34 heavy (non-hydrogen) atoms. The summed E-state index contributed by atoms with van der Waals surface area (Å²) in [5, 5.41) is 4.07. The van der Waals surface area contributed by atoms with Crippen LogP contribution in [0.25, 0.3) is 22.2 Å². The fourth-order valence-corrected chi connectivity index (χ4v) is 4.70. The molecule has 1 aliphatic heterocycles. The second kappa shape index (κ2) is 11.4. The Bertz CT molecular complexity index is 1100. The third-order valence-corrected chi connectivity index (χ3v) is 6.33. The van der Waals surface area contributed by atoms with Gasteiger partial charge in [-0.05, 0) is 82.6 Å². The van der Waals surface area contributed by atoms with Crippen LogP contribution in [-0.4, -0.2) is 54.8 Å². The van der Waals surface area contributed by atoms with Crippen LogP contribution in [0.4, 0.5) is 0 Å². The first-order chi connectivity index (χ1) is 16.5. The van der Waals surface area contributed by atoms with E-state index in [1.807, 2.05) is 44.2 Å². The van der Waals surface area contributed by atoms with Crippen molar-refractivity contribution in [3.8, 4) is 22.8 Å². The molecule has 3 aromatic rings. The Hall–Kier alpha value is -2.99. The van der Waals surface area contributed by atoms with Crippen molar-refractivity contribution in [3.63, 3.8) is 0 Å². The topological polar surface area (TPSA) is 55.7 Å². The number of nitrogens with one attached hydrogen (secondary N) is 1. The van der Waals surface area contributed by atoms with Crippen LogP contribution in [0.1, 0.15) is 39.5 Å². The van der Waals surface area contributed by atoms with Gasteiger partial charge >= 0.3 is 0 Å². The number of piperidine rings is 1. The minimum atomic E-state index is -0.00492. The van der Waals surface area contributed by atoms with E-state index in [0.717, 1.165) is 46.6 Å². The summed E-state index contributed by atoms with van der Waals surface area (Å²) >= 11 is 0. The molecule has 6 nitrogen and oxygen atoms in total. The minimum Gasteiger partial charge on any atom is -0.497 e. The van der Waals surface area contributed by atoms with Gasteiger partial charge in [-0.3, -0.25) is 4.79 Å². The highest BCUT2D eigenvalue weighted by molar-refractivity contribution is 5.90. The van der Waals surface area contributed by atoms with Crippen LogP contribution < -0.4 is 14.8 Å². The van der Waals surface area contributed by atoms with Crippen molar-refractivity contribution >= 4 is 16.8 Å². The van der Waals surface area contributed by atoms with E-state index >= 15 is 0 Å². The molecule has 1 fully saturated rings. The van der Waals surface area contributed by atoms with Crippen LogP contribution in [0.15, 0.2) is 48.5 Å². The molecule has 0 radical (unpaired) electrons. The minimum absolute atomic E-state index is 0.00492. The predicted molar refractivity (Wildman–Crippen MR) is 138 cm³/mol. The van der Waals surface area contributed by atoms with E-state index in [1.165, 1.54) is 32.4 Å². The van der Waals surface area contributed by atoms with Gasteiger partial charge in [0.1, 0.15) is 18.0 Å². The Morgan fingerprint density at radius 1 is 1.03 bits per heavy atom. The van der Waals surface area contributed by atoms with Crippen molar-refractivity contribution in [1.82, 2.24) is 14.8 Å². The maximum absolute atomic E-state index is 12.7. The van der Waals surface area contributed by atoms with Crippen LogP contribution in [0.3, 0.4) is 0 Å². The lowest BCUT2D eigenvalue weighted by atomic mass is 10.1. The molecule has 0 saturated carbocycles. The van der Waals surface area contributed by atoms with Gasteiger partial charge in [-0.15, -0.1) is 0 Å². The molecule has 0 unspecified atom stereocenters. The molecule has 4 rings (SSSR count). The number of carbonyl (C=O) groups is 1. The fourth-order valence-electron chi connectivity index (χ4n) is 4.70. The van der Waals surface area contributed by atoms with Crippen LogP contribution in [-0.2, 0) is 11.3 Å². The molecule has 2 aromatic carbocycles. The quantitative estimate of drug-likeness (QED) is 0.425. The number of hydrogen-bond acceptors (Lipinski definition) is 4. The molecule has 1 amide bonds. The van der Waals surface area contributed by atoms with Gasteiger partial charge in [-0.25, -0.2) is 0 Å². The highest BCUT2D eigenvalue weighted by Gasteiger charge is 2.16. The zero-order valence-corrected chi connectivity index (χ0v) is 20.7. The van der Waals surface area contributed by atoms with E-state index in [4.69, 9.17) is 9.47 Å². The SMILES string of the molecule is COc1cccc(-c2cc3cc(OCCCN4CCCCC4)ccc3n2CC(=O)NC(C)C)c1. The number of methoxy groups -OCH3 is 1. The third kappa shape index (κ3) is 6.11. The Morgan fingerprint density at radius 2 is 1.85 bits per heavy atom. The molecule has 0 aliphatic carbocycles. The van der Waals surface area contributed by atoms with E-state index < -0.39 is 0 Å². The van der Waals surface area contributed by atoms with E-state index in [2.05, 4.69) is 33.0 Å². The van der Waals surface area contributed by atoms with Crippen LogP contribution in [0.5, 0.6) is 11.5 Å². The van der Waals surface area contributed by atoms with Gasteiger partial charge in [-0.2, -0.15) is 0 Å². The van der Waals surface area contributed by atoms with Gasteiger partial charge in [-0.1, -0.05) is 18.6 Å². The number of amides is 1. The van der Waals surface area contributed by atoms with Crippen molar-refractivity contribution in [2.24, 2.45) is 0 Å². The smallest absolute Gasteiger partial charge is 0.240 e. The average Bonchev–Trinajstić information content (AvgIpc) is 3.19. The van der Waals surface area contributed by atoms with Gasteiger partial charge < -0.3 is 24.3 Å². The number of likely N-dealkylation sites (tertiary alicyclic amines) is 1. The highest BCUT2D eigenvalue weighted by Crippen LogP contribution is 2.32. The number of nitrogens with zero attached hydrogens (tertiary/aromatic N) is 2. The standard InChI is InChI=1S/C28H37N3O3/c1-21(2)29-28(32)20-31-26-12-11-25(34-16-8-15-30-13-5-4-6-14-30)18-23(26)19-27(31)22-9-7-10-24(17-22)33-3/h7,9-12,17-19,21H,4-6,8,13-16,20H2,1-3H3,(H,29,32). The largest absolute Gasteiger partial charge is 0.497 e. The van der Waals surface area contributed by atoms with Gasteiger partial charge in [0.2, 0.25) is 5.91 Å². The molecule has 2 heterocycles. The lowest BCUT2D eigenvalue weighted by Crippen LogP contribution is -2.33. The predicted octanol–water partition coefficient (Wildman–Crippen LogP) is 5.10. The first kappa shape index (κ1) is 24.1. The number of aromatic nitrogens is 1. The number of fused-ring (bicyclic) bond motifs is 1. The molecule has 1 aliphatic rings. The van der Waals surface area contributed by atoms with Gasteiger partial charge in [0.05, 0.1) is 13.7 Å². The number of carbonyl (C=O) groups excluding carboxylic acids is 1.